The lowest BCUT2D eigenvalue weighted by atomic mass is 9.81. The molecule has 0 aromatic rings. The fourth-order valence-corrected chi connectivity index (χ4v) is 2.35. The summed E-state index contributed by atoms with van der Waals surface area (Å²) in [5.41, 5.74) is 10.8. The van der Waals surface area contributed by atoms with Gasteiger partial charge in [0.2, 0.25) is 22.3 Å². The standard InChI is InChI=1S/C9H16N2O2.C4H10N2.C3H2Cl2O2.C3H6O/c1-6-3-4-7(6)11-9(13)5-8(12)10-2;5-3-1-2-4(3)6;4-2(6)1-3(5)7;1-3(2)4/h6-7H,3-5H2,1-2H3,(H,10,12)(H,11,13);3-4H,1-2,5-6H2;1H2;1-2H3/i;;;1D. The van der Waals surface area contributed by atoms with E-state index in [-0.39, 0.29) is 43.4 Å². The first-order valence-electron chi connectivity index (χ1n) is 10.2. The van der Waals surface area contributed by atoms with E-state index in [4.69, 9.17) is 36.0 Å². The molecule has 4 unspecified atom stereocenters. The minimum absolute atomic E-state index is 0.0558. The highest BCUT2D eigenvalue weighted by atomic mass is 35.5. The first kappa shape index (κ1) is 28.5. The highest BCUT2D eigenvalue weighted by Gasteiger charge is 2.28. The van der Waals surface area contributed by atoms with Crippen molar-refractivity contribution >= 4 is 51.3 Å². The Balaban J connectivity index is 0. The average Bonchev–Trinajstić information content (AvgIpc) is 2.69. The number of ketones is 1. The van der Waals surface area contributed by atoms with Crippen molar-refractivity contribution in [3.63, 3.8) is 0 Å². The summed E-state index contributed by atoms with van der Waals surface area (Å²) in [6, 6.07) is 0.909. The number of halogens is 2. The Morgan fingerprint density at radius 2 is 1.40 bits per heavy atom. The van der Waals surface area contributed by atoms with E-state index in [0.29, 0.717) is 18.0 Å². The molecule has 0 bridgehead atoms. The van der Waals surface area contributed by atoms with Gasteiger partial charge in [0.1, 0.15) is 12.2 Å². The molecule has 0 saturated heterocycles. The van der Waals surface area contributed by atoms with Gasteiger partial charge >= 0.3 is 0 Å². The molecule has 2 saturated carbocycles. The first-order chi connectivity index (χ1) is 14.3. The molecule has 11 heteroatoms. The van der Waals surface area contributed by atoms with Crippen molar-refractivity contribution in [2.75, 3.05) is 7.05 Å². The topological polar surface area (TPSA) is 161 Å². The molecule has 174 valence electrons. The van der Waals surface area contributed by atoms with Crippen LogP contribution in [0.3, 0.4) is 0 Å². The fourth-order valence-electron chi connectivity index (χ4n) is 2.03. The minimum atomic E-state index is -0.722. The van der Waals surface area contributed by atoms with Crippen molar-refractivity contribution < 1.29 is 25.3 Å². The fraction of sp³-hybridized carbons (Fsp3) is 0.737. The Labute approximate surface area is 189 Å². The molecule has 0 aliphatic heterocycles. The molecular weight excluding hydrogens is 435 g/mol. The molecule has 30 heavy (non-hydrogen) atoms. The van der Waals surface area contributed by atoms with Crippen molar-refractivity contribution in [3.05, 3.63) is 0 Å². The van der Waals surface area contributed by atoms with Crippen molar-refractivity contribution in [3.8, 4) is 0 Å². The first-order valence-corrected chi connectivity index (χ1v) is 10.3. The van der Waals surface area contributed by atoms with Gasteiger partial charge in [-0.1, -0.05) is 6.92 Å². The van der Waals surface area contributed by atoms with Crippen LogP contribution in [-0.2, 0) is 24.0 Å². The zero-order valence-electron chi connectivity index (χ0n) is 18.7. The van der Waals surface area contributed by atoms with Gasteiger partial charge < -0.3 is 26.9 Å². The van der Waals surface area contributed by atoms with Crippen LogP contribution in [-0.4, -0.2) is 53.3 Å². The summed E-state index contributed by atoms with van der Waals surface area (Å²) < 4.78 is 6.31. The second kappa shape index (κ2) is 17.2. The van der Waals surface area contributed by atoms with Crippen LogP contribution in [0.25, 0.3) is 0 Å². The molecule has 0 heterocycles. The number of hydrogen-bond donors (Lipinski definition) is 4. The zero-order chi connectivity index (χ0) is 24.6. The normalized spacial score (nSPS) is 23.5. The predicted molar refractivity (Wildman–Crippen MR) is 117 cm³/mol. The maximum Gasteiger partial charge on any atom is 0.230 e. The minimum Gasteiger partial charge on any atom is -0.359 e. The van der Waals surface area contributed by atoms with Crippen molar-refractivity contribution in [2.24, 2.45) is 17.4 Å². The average molecular weight is 470 g/mol. The summed E-state index contributed by atoms with van der Waals surface area (Å²) in [5.74, 6) is 0.0824. The number of carbonyl (C=O) groups is 5. The highest BCUT2D eigenvalue weighted by molar-refractivity contribution is 6.72. The maximum absolute atomic E-state index is 11.2. The van der Waals surface area contributed by atoms with Gasteiger partial charge in [0.15, 0.2) is 0 Å². The SMILES string of the molecule is CNC(=O)CC(=O)NC1CCC1C.NC1CCC1N.O=C(Cl)CC(=O)Cl.[2H]CC(C)=O. The van der Waals surface area contributed by atoms with Crippen molar-refractivity contribution in [1.82, 2.24) is 10.6 Å². The smallest absolute Gasteiger partial charge is 0.230 e. The molecular formula is C19H34Cl2N4O5. The van der Waals surface area contributed by atoms with Crippen LogP contribution in [0.2, 0.25) is 0 Å². The van der Waals surface area contributed by atoms with Gasteiger partial charge in [-0.05, 0) is 68.6 Å². The Kier molecular flexibility index (Phi) is 16.3. The molecule has 2 amide bonds. The van der Waals surface area contributed by atoms with Crippen LogP contribution in [0.4, 0.5) is 0 Å². The van der Waals surface area contributed by atoms with Gasteiger partial charge in [0, 0.05) is 26.5 Å². The lowest BCUT2D eigenvalue weighted by molar-refractivity contribution is -0.130. The van der Waals surface area contributed by atoms with Crippen LogP contribution in [0.5, 0.6) is 0 Å². The monoisotopic (exact) mass is 469 g/mol. The Morgan fingerprint density at radius 1 is 0.933 bits per heavy atom. The molecule has 0 aromatic heterocycles. The lowest BCUT2D eigenvalue weighted by Crippen LogP contribution is -2.49. The maximum atomic E-state index is 11.2. The molecule has 2 aliphatic carbocycles. The van der Waals surface area contributed by atoms with Gasteiger partial charge in [-0.25, -0.2) is 0 Å². The van der Waals surface area contributed by atoms with Crippen molar-refractivity contribution in [1.29, 1.82) is 0 Å². The number of amides is 2. The van der Waals surface area contributed by atoms with Crippen LogP contribution in [0.1, 0.15) is 60.6 Å². The van der Waals surface area contributed by atoms with E-state index in [1.165, 1.54) is 20.4 Å². The molecule has 6 N–H and O–H groups in total. The summed E-state index contributed by atoms with van der Waals surface area (Å²) in [6.07, 6.45) is 4.02. The third-order valence-corrected chi connectivity index (χ3v) is 4.49. The van der Waals surface area contributed by atoms with Crippen LogP contribution >= 0.6 is 23.2 Å². The molecule has 2 rings (SSSR count). The van der Waals surface area contributed by atoms with E-state index in [9.17, 15) is 24.0 Å². The number of nitrogens with two attached hydrogens (primary N) is 2. The number of hydrogen-bond acceptors (Lipinski definition) is 7. The Bertz CT molecular complexity index is 590. The van der Waals surface area contributed by atoms with Crippen molar-refractivity contribution in [2.45, 2.75) is 77.4 Å². The quantitative estimate of drug-likeness (QED) is 0.344. The third kappa shape index (κ3) is 18.5. The molecule has 4 atom stereocenters. The second-order valence-corrected chi connectivity index (χ2v) is 7.92. The van der Waals surface area contributed by atoms with Gasteiger partial charge in [0.05, 0.1) is 6.42 Å². The van der Waals surface area contributed by atoms with E-state index in [0.717, 1.165) is 19.3 Å². The van der Waals surface area contributed by atoms with Crippen LogP contribution in [0, 0.1) is 5.92 Å². The summed E-state index contributed by atoms with van der Waals surface area (Å²) >= 11 is 9.46. The largest absolute Gasteiger partial charge is 0.359 e. The van der Waals surface area contributed by atoms with E-state index in [1.807, 2.05) is 0 Å². The molecule has 0 aromatic carbocycles. The van der Waals surface area contributed by atoms with Gasteiger partial charge in [-0.3, -0.25) is 19.2 Å². The summed E-state index contributed by atoms with van der Waals surface area (Å²) in [6.45, 7) is 3.42. The van der Waals surface area contributed by atoms with Crippen LogP contribution < -0.4 is 22.1 Å². The number of carbonyl (C=O) groups excluding carboxylic acids is 5. The van der Waals surface area contributed by atoms with Gasteiger partial charge in [0.25, 0.3) is 0 Å². The lowest BCUT2D eigenvalue weighted by Gasteiger charge is -2.34. The van der Waals surface area contributed by atoms with Gasteiger partial charge in [-0.2, -0.15) is 0 Å². The van der Waals surface area contributed by atoms with E-state index in [1.54, 1.807) is 0 Å². The predicted octanol–water partition coefficient (Wildman–Crippen LogP) is 0.975. The summed E-state index contributed by atoms with van der Waals surface area (Å²) in [5, 5.41) is 3.80. The molecule has 2 aliphatic rings. The van der Waals surface area contributed by atoms with Gasteiger partial charge in [-0.15, -0.1) is 0 Å². The second-order valence-electron chi connectivity index (χ2n) is 7.07. The van der Waals surface area contributed by atoms with E-state index in [2.05, 4.69) is 17.6 Å². The molecule has 2 fully saturated rings. The summed E-state index contributed by atoms with van der Waals surface area (Å²) in [4.78, 5) is 51.1. The zero-order valence-corrected chi connectivity index (χ0v) is 19.2. The molecule has 9 nitrogen and oxygen atoms in total. The van der Waals surface area contributed by atoms with Crippen LogP contribution in [0.15, 0.2) is 0 Å². The number of nitrogens with one attached hydrogen (secondary N) is 2. The van der Waals surface area contributed by atoms with E-state index >= 15 is 0 Å². The third-order valence-electron chi connectivity index (χ3n) is 4.23. The number of rotatable bonds is 5. The molecule has 0 spiro atoms. The summed E-state index contributed by atoms with van der Waals surface area (Å²) in [7, 11) is 1.53. The van der Waals surface area contributed by atoms with E-state index < -0.39 is 10.5 Å². The number of Topliss-reactive ketones (excluding diaryl/α,β-unsaturated/α-hetero) is 1. The molecule has 0 radical (unpaired) electrons. The highest BCUT2D eigenvalue weighted by Crippen LogP contribution is 2.26. The Hall–Kier alpha value is -1.55. The Morgan fingerprint density at radius 3 is 1.57 bits per heavy atom.